The second kappa shape index (κ2) is 7.26. The Bertz CT molecular complexity index is 778. The molecule has 1 aromatic carbocycles. The van der Waals surface area contributed by atoms with Gasteiger partial charge >= 0.3 is 0 Å². The third-order valence-corrected chi connectivity index (χ3v) is 5.40. The highest BCUT2D eigenvalue weighted by molar-refractivity contribution is 9.10. The van der Waals surface area contributed by atoms with Gasteiger partial charge in [-0.05, 0) is 60.2 Å². The van der Waals surface area contributed by atoms with Crippen LogP contribution in [-0.4, -0.2) is 29.6 Å². The smallest absolute Gasteiger partial charge is 0.150 e. The molecule has 2 aliphatic heterocycles. The van der Waals surface area contributed by atoms with Gasteiger partial charge in [-0.3, -0.25) is 0 Å². The van der Waals surface area contributed by atoms with Crippen molar-refractivity contribution in [3.05, 3.63) is 28.4 Å². The Hall–Kier alpha value is -1.35. The van der Waals surface area contributed by atoms with Gasteiger partial charge in [-0.15, -0.1) is 0 Å². The highest BCUT2D eigenvalue weighted by atomic mass is 79.9. The molecule has 2 aliphatic rings. The minimum Gasteiger partial charge on any atom is -0.381 e. The minimum absolute atomic E-state index is 0.0497. The second-order valence-corrected chi connectivity index (χ2v) is 7.31. The summed E-state index contributed by atoms with van der Waals surface area (Å²) in [5.41, 5.74) is 2.12. The number of rotatable bonds is 1. The first kappa shape index (κ1) is 16.1. The Kier molecular flexibility index (Phi) is 4.88. The third kappa shape index (κ3) is 3.37. The van der Waals surface area contributed by atoms with Crippen LogP contribution < -0.4 is 0 Å². The van der Waals surface area contributed by atoms with Crippen molar-refractivity contribution in [2.75, 3.05) is 19.8 Å². The number of benzene rings is 1. The Morgan fingerprint density at radius 2 is 2.00 bits per heavy atom. The number of hydrogen-bond donors (Lipinski definition) is 0. The van der Waals surface area contributed by atoms with Crippen LogP contribution in [0, 0.1) is 17.8 Å². The van der Waals surface area contributed by atoms with Crippen molar-refractivity contribution in [3.63, 3.8) is 0 Å². The summed E-state index contributed by atoms with van der Waals surface area (Å²) in [4.78, 5) is 0. The molecule has 1 unspecified atom stereocenters. The van der Waals surface area contributed by atoms with Crippen LogP contribution in [-0.2, 0) is 9.47 Å². The van der Waals surface area contributed by atoms with Crippen LogP contribution in [0.4, 0.5) is 0 Å². The molecule has 3 heterocycles. The molecule has 126 valence electrons. The summed E-state index contributed by atoms with van der Waals surface area (Å²) in [6.45, 7) is 2.47. The van der Waals surface area contributed by atoms with E-state index >= 15 is 0 Å². The Labute approximate surface area is 150 Å². The lowest BCUT2D eigenvalue weighted by Gasteiger charge is -2.23. The van der Waals surface area contributed by atoms with E-state index in [-0.39, 0.29) is 6.23 Å². The van der Waals surface area contributed by atoms with Crippen LogP contribution in [0.15, 0.2) is 22.8 Å². The summed E-state index contributed by atoms with van der Waals surface area (Å²) in [7, 11) is 0. The molecule has 24 heavy (non-hydrogen) atoms. The van der Waals surface area contributed by atoms with Crippen LogP contribution in [0.1, 0.15) is 43.9 Å². The molecule has 5 heteroatoms. The largest absolute Gasteiger partial charge is 0.381 e. The van der Waals surface area contributed by atoms with Crippen LogP contribution in [0.3, 0.4) is 0 Å². The topological polar surface area (TPSA) is 36.3 Å². The average Bonchev–Trinajstić information content (AvgIpc) is 3.04. The molecule has 2 fully saturated rings. The van der Waals surface area contributed by atoms with Crippen LogP contribution in [0.5, 0.6) is 0 Å². The van der Waals surface area contributed by atoms with Gasteiger partial charge in [0.1, 0.15) is 0 Å². The lowest BCUT2D eigenvalue weighted by molar-refractivity contribution is -0.0366. The monoisotopic (exact) mass is 388 g/mol. The van der Waals surface area contributed by atoms with Gasteiger partial charge in [0.2, 0.25) is 0 Å². The van der Waals surface area contributed by atoms with Crippen molar-refractivity contribution < 1.29 is 9.47 Å². The first-order valence-corrected chi connectivity index (χ1v) is 9.48. The predicted octanol–water partition coefficient (Wildman–Crippen LogP) is 4.28. The fourth-order valence-electron chi connectivity index (χ4n) is 3.33. The zero-order valence-corrected chi connectivity index (χ0v) is 15.2. The maximum absolute atomic E-state index is 5.89. The zero-order valence-electron chi connectivity index (χ0n) is 13.6. The van der Waals surface area contributed by atoms with Crippen molar-refractivity contribution in [2.45, 2.75) is 38.3 Å². The van der Waals surface area contributed by atoms with E-state index in [1.54, 1.807) is 0 Å². The van der Waals surface area contributed by atoms with Gasteiger partial charge in [0.05, 0.1) is 11.7 Å². The molecule has 0 saturated carbocycles. The quantitative estimate of drug-likeness (QED) is 0.684. The molecule has 2 aromatic rings. The number of fused-ring (bicyclic) bond motifs is 1. The molecular weight excluding hydrogens is 368 g/mol. The SMILES string of the molecule is Brc1cc2cnn(C3CCCCO3)c2cc1C#CC1CCOCC1. The Morgan fingerprint density at radius 1 is 1.12 bits per heavy atom. The summed E-state index contributed by atoms with van der Waals surface area (Å²) in [5.74, 6) is 7.21. The number of aromatic nitrogens is 2. The molecule has 1 atom stereocenters. The molecule has 0 bridgehead atoms. The maximum atomic E-state index is 5.89. The Morgan fingerprint density at radius 3 is 2.79 bits per heavy atom. The maximum Gasteiger partial charge on any atom is 0.150 e. The van der Waals surface area contributed by atoms with E-state index in [2.05, 4.69) is 45.0 Å². The third-order valence-electron chi connectivity index (χ3n) is 4.75. The van der Waals surface area contributed by atoms with Gasteiger partial charge < -0.3 is 9.47 Å². The standard InChI is InChI=1S/C19H21BrN2O2/c20-17-11-16-13-21-22(19-3-1-2-8-24-19)18(16)12-15(17)5-4-14-6-9-23-10-7-14/h11-14,19H,1-3,6-10H2. The molecule has 0 aliphatic carbocycles. The fraction of sp³-hybridized carbons (Fsp3) is 0.526. The van der Waals surface area contributed by atoms with E-state index in [0.717, 1.165) is 66.4 Å². The van der Waals surface area contributed by atoms with E-state index in [4.69, 9.17) is 9.47 Å². The van der Waals surface area contributed by atoms with Crippen molar-refractivity contribution in [1.29, 1.82) is 0 Å². The summed E-state index contributed by atoms with van der Waals surface area (Å²) >= 11 is 3.65. The van der Waals surface area contributed by atoms with Crippen LogP contribution in [0.2, 0.25) is 0 Å². The molecule has 0 N–H and O–H groups in total. The number of halogens is 1. The van der Waals surface area contributed by atoms with Gasteiger partial charge in [0, 0.05) is 41.2 Å². The molecule has 0 spiro atoms. The van der Waals surface area contributed by atoms with Crippen molar-refractivity contribution in [3.8, 4) is 11.8 Å². The number of ether oxygens (including phenoxy) is 2. The predicted molar refractivity (Wildman–Crippen MR) is 96.7 cm³/mol. The zero-order chi connectivity index (χ0) is 16.4. The first-order chi connectivity index (χ1) is 11.8. The highest BCUT2D eigenvalue weighted by Crippen LogP contribution is 2.29. The van der Waals surface area contributed by atoms with E-state index in [0.29, 0.717) is 5.92 Å². The van der Waals surface area contributed by atoms with E-state index in [1.165, 1.54) is 6.42 Å². The van der Waals surface area contributed by atoms with E-state index in [1.807, 2.05) is 10.9 Å². The normalized spacial score (nSPS) is 22.3. The van der Waals surface area contributed by atoms with Crippen molar-refractivity contribution in [2.24, 2.45) is 5.92 Å². The second-order valence-electron chi connectivity index (χ2n) is 6.46. The minimum atomic E-state index is 0.0497. The summed E-state index contributed by atoms with van der Waals surface area (Å²) < 4.78 is 14.3. The van der Waals surface area contributed by atoms with Gasteiger partial charge in [0.25, 0.3) is 0 Å². The molecule has 1 aromatic heterocycles. The van der Waals surface area contributed by atoms with E-state index < -0.39 is 0 Å². The van der Waals surface area contributed by atoms with E-state index in [9.17, 15) is 0 Å². The molecular formula is C19H21BrN2O2. The molecule has 0 amide bonds. The van der Waals surface area contributed by atoms with Gasteiger partial charge in [-0.25, -0.2) is 4.68 Å². The van der Waals surface area contributed by atoms with Crippen LogP contribution in [0.25, 0.3) is 10.9 Å². The molecule has 4 nitrogen and oxygen atoms in total. The van der Waals surface area contributed by atoms with Crippen molar-refractivity contribution >= 4 is 26.8 Å². The van der Waals surface area contributed by atoms with Gasteiger partial charge in [-0.2, -0.15) is 5.10 Å². The fourth-order valence-corrected chi connectivity index (χ4v) is 3.79. The Balaban J connectivity index is 1.65. The highest BCUT2D eigenvalue weighted by Gasteiger charge is 2.19. The summed E-state index contributed by atoms with van der Waals surface area (Å²) in [6, 6.07) is 4.24. The van der Waals surface area contributed by atoms with Crippen LogP contribution >= 0.6 is 15.9 Å². The number of hydrogen-bond acceptors (Lipinski definition) is 3. The lowest BCUT2D eigenvalue weighted by Crippen LogP contribution is -2.18. The summed E-state index contributed by atoms with van der Waals surface area (Å²) in [5, 5.41) is 5.68. The molecule has 4 rings (SSSR count). The molecule has 0 radical (unpaired) electrons. The van der Waals surface area contributed by atoms with Gasteiger partial charge in [-0.1, -0.05) is 11.8 Å². The first-order valence-electron chi connectivity index (χ1n) is 8.69. The average molecular weight is 389 g/mol. The summed E-state index contributed by atoms with van der Waals surface area (Å²) in [6.07, 6.45) is 7.38. The van der Waals surface area contributed by atoms with Gasteiger partial charge in [0.15, 0.2) is 6.23 Å². The molecule has 2 saturated heterocycles. The van der Waals surface area contributed by atoms with Crippen molar-refractivity contribution in [1.82, 2.24) is 9.78 Å². The number of nitrogens with zero attached hydrogens (tertiary/aromatic N) is 2. The lowest BCUT2D eigenvalue weighted by atomic mass is 10.0.